The molecule has 0 fully saturated rings. The molecule has 0 aliphatic carbocycles. The zero-order valence-electron chi connectivity index (χ0n) is 52.0. The fourth-order valence-electron chi connectivity index (χ4n) is 9.58. The van der Waals surface area contributed by atoms with E-state index in [-0.39, 0.29) is 11.8 Å². The summed E-state index contributed by atoms with van der Waals surface area (Å²) in [4.78, 5) is 63.8. The molecule has 95 heavy (non-hydrogen) atoms. The molecule has 0 atom stereocenters. The van der Waals surface area contributed by atoms with Gasteiger partial charge in [-0.2, -0.15) is 15.3 Å². The van der Waals surface area contributed by atoms with E-state index >= 15 is 0 Å². The number of para-hydroxylation sites is 3. The number of hydrogen-bond donors (Lipinski definition) is 5. The molecule has 0 aliphatic rings. The van der Waals surface area contributed by atoms with Crippen molar-refractivity contribution in [1.29, 1.82) is 0 Å². The van der Waals surface area contributed by atoms with Gasteiger partial charge < -0.3 is 51.8 Å². The monoisotopic (exact) mass is 1270 g/mol. The lowest BCUT2D eigenvalue weighted by atomic mass is 10.1. The van der Waals surface area contributed by atoms with Crippen LogP contribution >= 0.6 is 0 Å². The molecule has 0 spiro atoms. The Balaban J connectivity index is 0.000000156. The summed E-state index contributed by atoms with van der Waals surface area (Å²) >= 11 is 0. The summed E-state index contributed by atoms with van der Waals surface area (Å²) in [5.41, 5.74) is 24.8. The number of benzene rings is 6. The Morgan fingerprint density at radius 1 is 0.474 bits per heavy atom. The standard InChI is InChI=1S/C25H27N7O2.C23H20N6O2.C22H18N6O2/c1-31(2)15-6-9-21(33)27-14-16-32-25-22(24(26)28-17-29-25)23(30-32)18-10-12-20(13-11-18)34-19-7-4-3-5-8-19;1-3-19(30)28(2)13-14-29-23-20(22(24)25-15-26-23)21(27-29)16-9-11-18(12-10-16)31-17-7-5-4-6-8-17;1-2-18(29)24-12-13-28-22-19(21(23)25-14-26-22)20(27-28)15-8-10-17(11-9-15)30-16-6-4-3-5-7-16/h3-13,17H,14-16H2,1-2H3,(H,27,33)(H2,26,28,29);1,4-12,15H,13-14H2,2H3,(H2,24,25,26);1,3-11,14H,12-13H2,(H,24,29)(H2,23,25,26)/b9-6+;;. The van der Waals surface area contributed by atoms with Gasteiger partial charge in [0, 0.05) is 56.0 Å². The molecule has 25 nitrogen and oxygen atoms in total. The van der Waals surface area contributed by atoms with Crippen molar-refractivity contribution in [1.82, 2.24) is 79.7 Å². The highest BCUT2D eigenvalue weighted by Crippen LogP contribution is 2.35. The minimum Gasteiger partial charge on any atom is -0.457 e. The first-order chi connectivity index (χ1) is 46.2. The summed E-state index contributed by atoms with van der Waals surface area (Å²) in [6, 6.07) is 51.4. The van der Waals surface area contributed by atoms with Crippen molar-refractivity contribution in [2.75, 3.05) is 64.5 Å². The van der Waals surface area contributed by atoms with Crippen LogP contribution < -0.4 is 42.0 Å². The molecule has 3 amide bonds. The number of terminal acetylenes is 2. The number of nitrogens with one attached hydrogen (secondary N) is 2. The fourth-order valence-corrected chi connectivity index (χ4v) is 9.58. The number of anilines is 3. The van der Waals surface area contributed by atoms with Crippen LogP contribution in [0.4, 0.5) is 17.5 Å². The van der Waals surface area contributed by atoms with E-state index in [9.17, 15) is 14.4 Å². The van der Waals surface area contributed by atoms with Crippen LogP contribution in [-0.2, 0) is 34.0 Å². The average molecular weight is 1270 g/mol. The number of likely N-dealkylation sites (N-methyl/N-ethyl adjacent to an activating group) is 2. The summed E-state index contributed by atoms with van der Waals surface area (Å²) in [7, 11) is 5.53. The van der Waals surface area contributed by atoms with E-state index in [1.807, 2.05) is 195 Å². The minimum absolute atomic E-state index is 0.151. The van der Waals surface area contributed by atoms with Gasteiger partial charge in [0.25, 0.3) is 11.8 Å². The molecule has 0 saturated carbocycles. The van der Waals surface area contributed by atoms with Gasteiger partial charge in [0.15, 0.2) is 16.9 Å². The van der Waals surface area contributed by atoms with Crippen LogP contribution in [0.3, 0.4) is 0 Å². The second-order valence-electron chi connectivity index (χ2n) is 21.1. The number of fused-ring (bicyclic) bond motifs is 3. The second kappa shape index (κ2) is 31.2. The summed E-state index contributed by atoms with van der Waals surface area (Å²) in [5.74, 6) is 8.52. The first-order valence-corrected chi connectivity index (χ1v) is 29.7. The van der Waals surface area contributed by atoms with Gasteiger partial charge in [0.05, 0.1) is 35.8 Å². The lowest BCUT2D eigenvalue weighted by molar-refractivity contribution is -0.124. The van der Waals surface area contributed by atoms with Gasteiger partial charge in [-0.25, -0.2) is 43.9 Å². The lowest BCUT2D eigenvalue weighted by Gasteiger charge is -2.13. The van der Waals surface area contributed by atoms with Crippen molar-refractivity contribution < 1.29 is 28.6 Å². The molecule has 12 aromatic rings. The third-order valence-corrected chi connectivity index (χ3v) is 14.2. The third kappa shape index (κ3) is 16.7. The van der Waals surface area contributed by atoms with Gasteiger partial charge in [0.1, 0.15) is 88.0 Å². The van der Waals surface area contributed by atoms with Gasteiger partial charge in [-0.1, -0.05) is 60.7 Å². The first kappa shape index (κ1) is 65.0. The van der Waals surface area contributed by atoms with Crippen molar-refractivity contribution in [3.8, 4) is 93.0 Å². The number of amides is 3. The topological polar surface area (TPSA) is 318 Å². The maximum atomic E-state index is 12.0. The number of hydrogen-bond acceptors (Lipinski definition) is 19. The summed E-state index contributed by atoms with van der Waals surface area (Å²) in [5, 5.41) is 21.5. The van der Waals surface area contributed by atoms with Crippen LogP contribution in [0.25, 0.3) is 66.9 Å². The minimum atomic E-state index is -0.477. The van der Waals surface area contributed by atoms with E-state index in [0.29, 0.717) is 131 Å². The quantitative estimate of drug-likeness (QED) is 0.0332. The second-order valence-corrected chi connectivity index (χ2v) is 21.1. The Labute approximate surface area is 546 Å². The molecule has 0 bridgehead atoms. The maximum Gasteiger partial charge on any atom is 0.298 e. The maximum absolute atomic E-state index is 12.0. The molecule has 0 unspecified atom stereocenters. The lowest BCUT2D eigenvalue weighted by Crippen LogP contribution is -2.29. The van der Waals surface area contributed by atoms with E-state index in [1.165, 1.54) is 30.0 Å². The Bertz CT molecular complexity index is 4720. The summed E-state index contributed by atoms with van der Waals surface area (Å²) < 4.78 is 22.7. The molecule has 0 aliphatic heterocycles. The highest BCUT2D eigenvalue weighted by Gasteiger charge is 2.21. The van der Waals surface area contributed by atoms with E-state index in [0.717, 1.165) is 33.9 Å². The number of carbonyl (C=O) groups is 3. The normalized spacial score (nSPS) is 10.8. The highest BCUT2D eigenvalue weighted by molar-refractivity contribution is 6.00. The molecule has 25 heteroatoms. The molecule has 476 valence electrons. The molecular formula is C70H65N19O6. The Morgan fingerprint density at radius 2 is 0.821 bits per heavy atom. The Hall–Kier alpha value is -13.0. The van der Waals surface area contributed by atoms with Crippen LogP contribution in [-0.4, -0.2) is 134 Å². The molecule has 6 aromatic heterocycles. The van der Waals surface area contributed by atoms with Crippen LogP contribution in [0, 0.1) is 24.7 Å². The first-order valence-electron chi connectivity index (χ1n) is 29.7. The van der Waals surface area contributed by atoms with Gasteiger partial charge >= 0.3 is 0 Å². The average Bonchev–Trinajstić information content (AvgIpc) is 1.67. The van der Waals surface area contributed by atoms with Crippen LogP contribution in [0.1, 0.15) is 0 Å². The van der Waals surface area contributed by atoms with E-state index in [2.05, 4.69) is 51.6 Å². The Kier molecular flexibility index (Phi) is 21.3. The molecular weight excluding hydrogens is 1200 g/mol. The highest BCUT2D eigenvalue weighted by atomic mass is 16.5. The molecule has 6 heterocycles. The van der Waals surface area contributed by atoms with Gasteiger partial charge in [0.2, 0.25) is 5.91 Å². The van der Waals surface area contributed by atoms with Gasteiger partial charge in [-0.05, 0) is 135 Å². The number of nitrogens with zero attached hydrogens (tertiary/aromatic N) is 14. The van der Waals surface area contributed by atoms with Crippen molar-refractivity contribution in [2.24, 2.45) is 0 Å². The summed E-state index contributed by atoms with van der Waals surface area (Å²) in [6.45, 7) is 3.03. The molecule has 0 saturated heterocycles. The van der Waals surface area contributed by atoms with Crippen LogP contribution in [0.5, 0.6) is 34.5 Å². The fraction of sp³-hybridized carbons (Fsp3) is 0.143. The zero-order valence-corrected chi connectivity index (χ0v) is 52.0. The predicted octanol–water partition coefficient (Wildman–Crippen LogP) is 8.68. The van der Waals surface area contributed by atoms with E-state index in [4.69, 9.17) is 54.5 Å². The molecule has 0 radical (unpaired) electrons. The van der Waals surface area contributed by atoms with E-state index in [1.54, 1.807) is 21.1 Å². The number of aromatic nitrogens is 12. The Morgan fingerprint density at radius 3 is 1.17 bits per heavy atom. The molecule has 6 aromatic carbocycles. The zero-order chi connectivity index (χ0) is 66.6. The van der Waals surface area contributed by atoms with E-state index < -0.39 is 5.91 Å². The largest absolute Gasteiger partial charge is 0.457 e. The number of carbonyl (C=O) groups excluding carboxylic acids is 3. The van der Waals surface area contributed by atoms with Crippen molar-refractivity contribution in [3.63, 3.8) is 0 Å². The van der Waals surface area contributed by atoms with Crippen molar-refractivity contribution >= 4 is 68.3 Å². The van der Waals surface area contributed by atoms with Gasteiger partial charge in [-0.3, -0.25) is 14.4 Å². The number of nitrogens with two attached hydrogens (primary N) is 3. The summed E-state index contributed by atoms with van der Waals surface area (Å²) in [6.07, 6.45) is 17.8. The van der Waals surface area contributed by atoms with Crippen molar-refractivity contribution in [2.45, 2.75) is 19.6 Å². The molecule has 12 rings (SSSR count). The van der Waals surface area contributed by atoms with Crippen LogP contribution in [0.2, 0.25) is 0 Å². The number of rotatable bonds is 21. The van der Waals surface area contributed by atoms with Gasteiger partial charge in [-0.15, -0.1) is 12.8 Å². The van der Waals surface area contributed by atoms with Crippen molar-refractivity contribution in [3.05, 3.63) is 195 Å². The molecule has 8 N–H and O–H groups in total. The third-order valence-electron chi connectivity index (χ3n) is 14.2. The smallest absolute Gasteiger partial charge is 0.298 e. The SMILES string of the molecule is C#CC(=O)N(C)CCn1nc(-c2ccc(Oc3ccccc3)cc2)c2c(N)ncnc21.C#CC(=O)NCCn1nc(-c2ccc(Oc3ccccc3)cc2)c2c(N)ncnc21.CN(C)C/C=C/C(=O)NCCn1nc(-c2ccc(Oc3ccccc3)cc2)c2c(N)ncnc21. The van der Waals surface area contributed by atoms with Crippen LogP contribution in [0.15, 0.2) is 195 Å². The predicted molar refractivity (Wildman–Crippen MR) is 364 cm³/mol. The number of nitrogen functional groups attached to an aromatic ring is 3. The number of ether oxygens (including phenoxy) is 3.